The lowest BCUT2D eigenvalue weighted by Gasteiger charge is -2.12. The molecule has 0 spiro atoms. The lowest BCUT2D eigenvalue weighted by molar-refractivity contribution is -0.153. The van der Waals surface area contributed by atoms with Gasteiger partial charge in [0.05, 0.1) is 0 Å². The van der Waals surface area contributed by atoms with Crippen LogP contribution in [0.2, 0.25) is 0 Å². The van der Waals surface area contributed by atoms with E-state index in [0.717, 1.165) is 10.0 Å². The van der Waals surface area contributed by atoms with Crippen LogP contribution in [0.15, 0.2) is 22.7 Å². The molecular formula is C12H13BrF3NO. The summed E-state index contributed by atoms with van der Waals surface area (Å²) in [4.78, 5) is 0. The second-order valence-corrected chi connectivity index (χ2v) is 5.17. The number of hydrogen-bond donors (Lipinski definition) is 1. The Bertz CT molecular complexity index is 418. The summed E-state index contributed by atoms with van der Waals surface area (Å²) in [6.45, 7) is -0.626. The van der Waals surface area contributed by atoms with Crippen LogP contribution < -0.4 is 10.1 Å². The number of halogens is 4. The van der Waals surface area contributed by atoms with Crippen LogP contribution in [0.4, 0.5) is 13.2 Å². The van der Waals surface area contributed by atoms with Gasteiger partial charge in [-0.25, -0.2) is 0 Å². The molecule has 0 heterocycles. The van der Waals surface area contributed by atoms with E-state index < -0.39 is 12.8 Å². The third-order valence-electron chi connectivity index (χ3n) is 2.58. The van der Waals surface area contributed by atoms with Gasteiger partial charge in [0.15, 0.2) is 6.61 Å². The molecule has 1 fully saturated rings. The van der Waals surface area contributed by atoms with Crippen LogP contribution in [-0.4, -0.2) is 18.8 Å². The smallest absolute Gasteiger partial charge is 0.422 e. The first-order valence-electron chi connectivity index (χ1n) is 5.65. The van der Waals surface area contributed by atoms with Gasteiger partial charge in [0.1, 0.15) is 5.75 Å². The Balaban J connectivity index is 1.95. The molecule has 1 aliphatic carbocycles. The van der Waals surface area contributed by atoms with Crippen molar-refractivity contribution < 1.29 is 17.9 Å². The summed E-state index contributed by atoms with van der Waals surface area (Å²) in [6, 6.07) is 5.41. The molecule has 18 heavy (non-hydrogen) atoms. The molecule has 2 rings (SSSR count). The minimum atomic E-state index is -4.31. The van der Waals surface area contributed by atoms with Crippen molar-refractivity contribution in [1.82, 2.24) is 5.32 Å². The van der Waals surface area contributed by atoms with E-state index in [4.69, 9.17) is 4.74 Å². The Labute approximate surface area is 112 Å². The Morgan fingerprint density at radius 1 is 1.33 bits per heavy atom. The first-order valence-corrected chi connectivity index (χ1v) is 6.45. The summed E-state index contributed by atoms with van der Waals surface area (Å²) in [5, 5.41) is 3.31. The van der Waals surface area contributed by atoms with Crippen molar-refractivity contribution in [2.24, 2.45) is 0 Å². The fraction of sp³-hybridized carbons (Fsp3) is 0.500. The van der Waals surface area contributed by atoms with E-state index in [-0.39, 0.29) is 5.75 Å². The van der Waals surface area contributed by atoms with Gasteiger partial charge in [-0.15, -0.1) is 0 Å². The summed E-state index contributed by atoms with van der Waals surface area (Å²) in [5.41, 5.74) is 0.904. The van der Waals surface area contributed by atoms with Gasteiger partial charge in [0.25, 0.3) is 0 Å². The van der Waals surface area contributed by atoms with Crippen LogP contribution in [0.25, 0.3) is 0 Å². The standard InChI is InChI=1S/C12H13BrF3NO/c13-11-4-3-10(18-7-12(14,15)16)5-8(11)6-17-9-1-2-9/h3-5,9,17H,1-2,6-7H2. The molecule has 0 radical (unpaired) electrons. The highest BCUT2D eigenvalue weighted by Gasteiger charge is 2.28. The minimum absolute atomic E-state index is 0.239. The van der Waals surface area contributed by atoms with Crippen LogP contribution in [0.5, 0.6) is 5.75 Å². The quantitative estimate of drug-likeness (QED) is 0.893. The maximum atomic E-state index is 12.0. The predicted molar refractivity (Wildman–Crippen MR) is 65.6 cm³/mol. The zero-order valence-corrected chi connectivity index (χ0v) is 11.1. The lowest BCUT2D eigenvalue weighted by Crippen LogP contribution is -2.19. The number of benzene rings is 1. The fourth-order valence-electron chi connectivity index (χ4n) is 1.48. The van der Waals surface area contributed by atoms with Gasteiger partial charge < -0.3 is 10.1 Å². The third kappa shape index (κ3) is 4.49. The third-order valence-corrected chi connectivity index (χ3v) is 3.35. The van der Waals surface area contributed by atoms with Crippen molar-refractivity contribution in [3.63, 3.8) is 0 Å². The van der Waals surface area contributed by atoms with Gasteiger partial charge in [-0.1, -0.05) is 15.9 Å². The topological polar surface area (TPSA) is 21.3 Å². The van der Waals surface area contributed by atoms with Crippen molar-refractivity contribution >= 4 is 15.9 Å². The first kappa shape index (κ1) is 13.7. The molecule has 0 aliphatic heterocycles. The van der Waals surface area contributed by atoms with E-state index in [2.05, 4.69) is 21.2 Å². The zero-order chi connectivity index (χ0) is 13.2. The molecule has 0 amide bonds. The van der Waals surface area contributed by atoms with E-state index in [1.807, 2.05) is 0 Å². The zero-order valence-electron chi connectivity index (χ0n) is 9.56. The molecule has 6 heteroatoms. The van der Waals surface area contributed by atoms with Crippen molar-refractivity contribution in [2.45, 2.75) is 31.6 Å². The number of rotatable bonds is 5. The summed E-state index contributed by atoms with van der Waals surface area (Å²) >= 11 is 3.37. The number of hydrogen-bond acceptors (Lipinski definition) is 2. The summed E-state index contributed by atoms with van der Waals surface area (Å²) in [6.07, 6.45) is -1.97. The SMILES string of the molecule is FC(F)(F)COc1ccc(Br)c(CNC2CC2)c1. The molecule has 1 saturated carbocycles. The minimum Gasteiger partial charge on any atom is -0.484 e. The normalized spacial score (nSPS) is 15.8. The highest BCUT2D eigenvalue weighted by atomic mass is 79.9. The molecule has 0 unspecified atom stereocenters. The molecule has 2 nitrogen and oxygen atoms in total. The molecule has 0 bridgehead atoms. The van der Waals surface area contributed by atoms with Crippen molar-refractivity contribution in [3.8, 4) is 5.75 Å². The average molecular weight is 324 g/mol. The van der Waals surface area contributed by atoms with Crippen LogP contribution >= 0.6 is 15.9 Å². The fourth-order valence-corrected chi connectivity index (χ4v) is 1.87. The molecule has 1 aromatic rings. The van der Waals surface area contributed by atoms with Gasteiger partial charge in [-0.05, 0) is 36.6 Å². The highest BCUT2D eigenvalue weighted by Crippen LogP contribution is 2.26. The molecular weight excluding hydrogens is 311 g/mol. The van der Waals surface area contributed by atoms with Crippen LogP contribution in [-0.2, 0) is 6.54 Å². The van der Waals surface area contributed by atoms with Gasteiger partial charge in [0, 0.05) is 17.1 Å². The summed E-state index contributed by atoms with van der Waals surface area (Å²) in [7, 11) is 0. The van der Waals surface area contributed by atoms with Gasteiger partial charge in [-0.2, -0.15) is 13.2 Å². The summed E-state index contributed by atoms with van der Waals surface area (Å²) < 4.78 is 41.7. The van der Waals surface area contributed by atoms with E-state index in [0.29, 0.717) is 12.6 Å². The molecule has 0 saturated heterocycles. The first-order chi connectivity index (χ1) is 8.44. The van der Waals surface area contributed by atoms with Gasteiger partial charge in [-0.3, -0.25) is 0 Å². The second kappa shape index (κ2) is 5.48. The predicted octanol–water partition coefficient (Wildman–Crippen LogP) is 3.64. The van der Waals surface area contributed by atoms with Gasteiger partial charge >= 0.3 is 6.18 Å². The number of nitrogens with one attached hydrogen (secondary N) is 1. The average Bonchev–Trinajstić information content (AvgIpc) is 3.09. The van der Waals surface area contributed by atoms with Crippen molar-refractivity contribution in [3.05, 3.63) is 28.2 Å². The van der Waals surface area contributed by atoms with Crippen LogP contribution in [0.1, 0.15) is 18.4 Å². The number of alkyl halides is 3. The van der Waals surface area contributed by atoms with Crippen LogP contribution in [0, 0.1) is 0 Å². The molecule has 0 atom stereocenters. The van der Waals surface area contributed by atoms with Crippen LogP contribution in [0.3, 0.4) is 0 Å². The van der Waals surface area contributed by atoms with E-state index in [9.17, 15) is 13.2 Å². The second-order valence-electron chi connectivity index (χ2n) is 4.31. The largest absolute Gasteiger partial charge is 0.484 e. The number of ether oxygens (including phenoxy) is 1. The van der Waals surface area contributed by atoms with Crippen molar-refractivity contribution in [2.75, 3.05) is 6.61 Å². The lowest BCUT2D eigenvalue weighted by atomic mass is 10.2. The monoisotopic (exact) mass is 323 g/mol. The molecule has 0 aromatic heterocycles. The molecule has 1 aromatic carbocycles. The summed E-state index contributed by atoms with van der Waals surface area (Å²) in [5.74, 6) is 0.239. The van der Waals surface area contributed by atoms with Gasteiger partial charge in [0.2, 0.25) is 0 Å². The van der Waals surface area contributed by atoms with Crippen molar-refractivity contribution in [1.29, 1.82) is 0 Å². The molecule has 1 aliphatic rings. The maximum Gasteiger partial charge on any atom is 0.422 e. The van der Waals surface area contributed by atoms with E-state index in [1.54, 1.807) is 12.1 Å². The molecule has 1 N–H and O–H groups in total. The Morgan fingerprint density at radius 2 is 2.06 bits per heavy atom. The maximum absolute atomic E-state index is 12.0. The van der Waals surface area contributed by atoms with E-state index in [1.165, 1.54) is 18.9 Å². The Hall–Kier alpha value is -0.750. The Kier molecular flexibility index (Phi) is 4.17. The molecule has 100 valence electrons. The highest BCUT2D eigenvalue weighted by molar-refractivity contribution is 9.10. The van der Waals surface area contributed by atoms with E-state index >= 15 is 0 Å². The Morgan fingerprint density at radius 3 is 2.67 bits per heavy atom.